The van der Waals surface area contributed by atoms with Crippen molar-refractivity contribution in [1.29, 1.82) is 0 Å². The smallest absolute Gasteiger partial charge is 0.0661 e. The van der Waals surface area contributed by atoms with Crippen molar-refractivity contribution in [2.45, 2.75) is 41.0 Å². The van der Waals surface area contributed by atoms with Crippen LogP contribution in [0.5, 0.6) is 0 Å². The first kappa shape index (κ1) is 13.6. The van der Waals surface area contributed by atoms with E-state index in [-0.39, 0.29) is 0 Å². The summed E-state index contributed by atoms with van der Waals surface area (Å²) < 4.78 is 5.44. The predicted octanol–water partition coefficient (Wildman–Crippen LogP) is 3.17. The molecule has 0 rings (SSSR count). The second-order valence-electron chi connectivity index (χ2n) is 4.68. The van der Waals surface area contributed by atoms with E-state index in [0.29, 0.717) is 11.8 Å². The fourth-order valence-corrected chi connectivity index (χ4v) is 1.28. The van der Waals surface area contributed by atoms with Crippen LogP contribution in [0.3, 0.4) is 0 Å². The molecule has 0 aromatic carbocycles. The molecule has 0 saturated heterocycles. The number of hydrogen-bond acceptors (Lipinski definition) is 2. The van der Waals surface area contributed by atoms with Gasteiger partial charge in [-0.15, -0.1) is 0 Å². The summed E-state index contributed by atoms with van der Waals surface area (Å²) in [5.41, 5.74) is 1.24. The zero-order valence-corrected chi connectivity index (χ0v) is 10.3. The number of aliphatic imine (C=N–C) groups is 1. The molecule has 0 fully saturated rings. The molecule has 84 valence electrons. The maximum Gasteiger partial charge on any atom is 0.0661 e. The Morgan fingerprint density at radius 2 is 1.79 bits per heavy atom. The van der Waals surface area contributed by atoms with Crippen LogP contribution in [-0.2, 0) is 4.74 Å². The highest BCUT2D eigenvalue weighted by atomic mass is 16.5. The standard InChI is InChI=1S/C12H25NO/c1-10(2)8-12(5)13-6-7-14-9-11(3)4/h10-11H,6-9H2,1-5H3. The molecule has 0 aliphatic heterocycles. The van der Waals surface area contributed by atoms with E-state index < -0.39 is 0 Å². The zero-order valence-electron chi connectivity index (χ0n) is 10.3. The molecule has 0 aliphatic rings. The number of hydrogen-bond donors (Lipinski definition) is 0. The van der Waals surface area contributed by atoms with Gasteiger partial charge in [-0.05, 0) is 25.2 Å². The minimum Gasteiger partial charge on any atom is -0.379 e. The quantitative estimate of drug-likeness (QED) is 0.456. The van der Waals surface area contributed by atoms with Crippen LogP contribution < -0.4 is 0 Å². The highest BCUT2D eigenvalue weighted by Gasteiger charge is 1.96. The molecule has 0 aliphatic carbocycles. The van der Waals surface area contributed by atoms with Gasteiger partial charge in [-0.2, -0.15) is 0 Å². The molecule has 0 spiro atoms. The molecular weight excluding hydrogens is 174 g/mol. The van der Waals surface area contributed by atoms with Crippen molar-refractivity contribution >= 4 is 5.71 Å². The Hall–Kier alpha value is -0.370. The van der Waals surface area contributed by atoms with Gasteiger partial charge in [0.15, 0.2) is 0 Å². The zero-order chi connectivity index (χ0) is 11.0. The Bertz CT molecular complexity index is 162. The molecule has 0 radical (unpaired) electrons. The summed E-state index contributed by atoms with van der Waals surface area (Å²) in [4.78, 5) is 4.45. The van der Waals surface area contributed by atoms with E-state index in [1.807, 2.05) is 0 Å². The number of nitrogens with zero attached hydrogens (tertiary/aromatic N) is 1. The molecule has 0 atom stereocenters. The Balaban J connectivity index is 3.41. The highest BCUT2D eigenvalue weighted by Crippen LogP contribution is 2.01. The first-order valence-corrected chi connectivity index (χ1v) is 5.60. The average Bonchev–Trinajstić information content (AvgIpc) is 2.01. The van der Waals surface area contributed by atoms with Gasteiger partial charge in [0.1, 0.15) is 0 Å². The molecule has 0 unspecified atom stereocenters. The largest absolute Gasteiger partial charge is 0.379 e. The van der Waals surface area contributed by atoms with Crippen LogP contribution in [0.25, 0.3) is 0 Å². The second kappa shape index (κ2) is 7.98. The highest BCUT2D eigenvalue weighted by molar-refractivity contribution is 5.82. The summed E-state index contributed by atoms with van der Waals surface area (Å²) in [5, 5.41) is 0. The lowest BCUT2D eigenvalue weighted by molar-refractivity contribution is 0.117. The van der Waals surface area contributed by atoms with Crippen molar-refractivity contribution in [2.24, 2.45) is 16.8 Å². The van der Waals surface area contributed by atoms with E-state index in [9.17, 15) is 0 Å². The van der Waals surface area contributed by atoms with Gasteiger partial charge in [-0.1, -0.05) is 27.7 Å². The normalized spacial score (nSPS) is 12.9. The van der Waals surface area contributed by atoms with Crippen LogP contribution in [0.2, 0.25) is 0 Å². The first-order chi connectivity index (χ1) is 6.52. The van der Waals surface area contributed by atoms with Gasteiger partial charge in [0, 0.05) is 12.3 Å². The summed E-state index contributed by atoms with van der Waals surface area (Å²) in [6.07, 6.45) is 1.10. The molecule has 0 heterocycles. The fourth-order valence-electron chi connectivity index (χ4n) is 1.28. The van der Waals surface area contributed by atoms with Gasteiger partial charge < -0.3 is 4.74 Å². The van der Waals surface area contributed by atoms with Crippen molar-refractivity contribution in [3.8, 4) is 0 Å². The van der Waals surface area contributed by atoms with Crippen molar-refractivity contribution < 1.29 is 4.74 Å². The Labute approximate surface area is 88.8 Å². The second-order valence-corrected chi connectivity index (χ2v) is 4.68. The third-order valence-corrected chi connectivity index (χ3v) is 1.77. The molecule has 0 bridgehead atoms. The Kier molecular flexibility index (Phi) is 7.77. The van der Waals surface area contributed by atoms with Gasteiger partial charge in [0.2, 0.25) is 0 Å². The topological polar surface area (TPSA) is 21.6 Å². The van der Waals surface area contributed by atoms with Crippen molar-refractivity contribution in [1.82, 2.24) is 0 Å². The molecule has 0 aromatic heterocycles. The summed E-state index contributed by atoms with van der Waals surface area (Å²) in [7, 11) is 0. The molecule has 14 heavy (non-hydrogen) atoms. The fraction of sp³-hybridized carbons (Fsp3) is 0.917. The van der Waals surface area contributed by atoms with Crippen LogP contribution >= 0.6 is 0 Å². The van der Waals surface area contributed by atoms with Crippen molar-refractivity contribution in [3.63, 3.8) is 0 Å². The monoisotopic (exact) mass is 199 g/mol. The molecule has 0 aromatic rings. The molecule has 2 nitrogen and oxygen atoms in total. The van der Waals surface area contributed by atoms with Gasteiger partial charge >= 0.3 is 0 Å². The molecule has 0 amide bonds. The third-order valence-electron chi connectivity index (χ3n) is 1.77. The summed E-state index contributed by atoms with van der Waals surface area (Å²) in [5.74, 6) is 1.33. The molecule has 0 N–H and O–H groups in total. The van der Waals surface area contributed by atoms with E-state index >= 15 is 0 Å². The molecule has 2 heteroatoms. The Morgan fingerprint density at radius 1 is 1.14 bits per heavy atom. The third kappa shape index (κ3) is 9.72. The average molecular weight is 199 g/mol. The van der Waals surface area contributed by atoms with Gasteiger partial charge in [0.05, 0.1) is 13.2 Å². The van der Waals surface area contributed by atoms with E-state index in [4.69, 9.17) is 4.74 Å². The SMILES string of the molecule is CC(CC(C)C)=NCCOCC(C)C. The maximum absolute atomic E-state index is 5.44. The summed E-state index contributed by atoms with van der Waals surface area (Å²) in [6.45, 7) is 13.3. The molecule has 0 saturated carbocycles. The lowest BCUT2D eigenvalue weighted by Gasteiger charge is -2.06. The van der Waals surface area contributed by atoms with Crippen molar-refractivity contribution in [3.05, 3.63) is 0 Å². The number of ether oxygens (including phenoxy) is 1. The van der Waals surface area contributed by atoms with Gasteiger partial charge in [0.25, 0.3) is 0 Å². The van der Waals surface area contributed by atoms with Gasteiger partial charge in [-0.3, -0.25) is 4.99 Å². The van der Waals surface area contributed by atoms with E-state index in [1.54, 1.807) is 0 Å². The van der Waals surface area contributed by atoms with E-state index in [2.05, 4.69) is 39.6 Å². The minimum atomic E-state index is 0.621. The van der Waals surface area contributed by atoms with E-state index in [0.717, 1.165) is 26.2 Å². The van der Waals surface area contributed by atoms with Gasteiger partial charge in [-0.25, -0.2) is 0 Å². The lowest BCUT2D eigenvalue weighted by atomic mass is 10.1. The first-order valence-electron chi connectivity index (χ1n) is 5.60. The lowest BCUT2D eigenvalue weighted by Crippen LogP contribution is -2.07. The summed E-state index contributed by atoms with van der Waals surface area (Å²) >= 11 is 0. The van der Waals surface area contributed by atoms with Crippen molar-refractivity contribution in [2.75, 3.05) is 19.8 Å². The summed E-state index contributed by atoms with van der Waals surface area (Å²) in [6, 6.07) is 0. The van der Waals surface area contributed by atoms with E-state index in [1.165, 1.54) is 5.71 Å². The van der Waals surface area contributed by atoms with Crippen LogP contribution in [0.1, 0.15) is 41.0 Å². The number of rotatable bonds is 7. The predicted molar refractivity (Wildman–Crippen MR) is 63.1 cm³/mol. The molecular formula is C12H25NO. The minimum absolute atomic E-state index is 0.621. The van der Waals surface area contributed by atoms with Crippen LogP contribution in [0.4, 0.5) is 0 Å². The Morgan fingerprint density at radius 3 is 2.29 bits per heavy atom. The van der Waals surface area contributed by atoms with Crippen LogP contribution in [0.15, 0.2) is 4.99 Å². The van der Waals surface area contributed by atoms with Crippen LogP contribution in [0, 0.1) is 11.8 Å². The maximum atomic E-state index is 5.44. The van der Waals surface area contributed by atoms with Crippen LogP contribution in [-0.4, -0.2) is 25.5 Å².